The lowest BCUT2D eigenvalue weighted by molar-refractivity contribution is 0.102. The highest BCUT2D eigenvalue weighted by molar-refractivity contribution is 6.04. The molecule has 4 rings (SSSR count). The third kappa shape index (κ3) is 3.95. The van der Waals surface area contributed by atoms with Gasteiger partial charge in [0.1, 0.15) is 18.0 Å². The number of imidazole rings is 1. The van der Waals surface area contributed by atoms with Gasteiger partial charge in [0.05, 0.1) is 17.4 Å². The minimum Gasteiger partial charge on any atom is -0.354 e. The van der Waals surface area contributed by atoms with Gasteiger partial charge in [0.25, 0.3) is 5.91 Å². The zero-order chi connectivity index (χ0) is 18.6. The number of hydrogen-bond acceptors (Lipinski definition) is 6. The van der Waals surface area contributed by atoms with E-state index in [-0.39, 0.29) is 5.91 Å². The Morgan fingerprint density at radius 1 is 1.00 bits per heavy atom. The first-order valence-corrected chi connectivity index (χ1v) is 8.84. The van der Waals surface area contributed by atoms with Crippen LogP contribution in [-0.2, 0) is 0 Å². The van der Waals surface area contributed by atoms with Gasteiger partial charge in [-0.05, 0) is 31.3 Å². The minimum atomic E-state index is -0.214. The van der Waals surface area contributed by atoms with Gasteiger partial charge < -0.3 is 15.1 Å². The van der Waals surface area contributed by atoms with Gasteiger partial charge in [-0.3, -0.25) is 9.36 Å². The maximum atomic E-state index is 12.4. The maximum Gasteiger partial charge on any atom is 0.257 e. The van der Waals surface area contributed by atoms with Crippen LogP contribution in [0, 0.1) is 0 Å². The zero-order valence-electron chi connectivity index (χ0n) is 15.1. The molecule has 0 spiro atoms. The van der Waals surface area contributed by atoms with Crippen LogP contribution in [0.5, 0.6) is 0 Å². The molecule has 1 N–H and O–H groups in total. The normalized spacial score (nSPS) is 14.9. The number of hydrogen-bond donors (Lipinski definition) is 1. The fourth-order valence-electron chi connectivity index (χ4n) is 2.95. The lowest BCUT2D eigenvalue weighted by Crippen LogP contribution is -2.44. The lowest BCUT2D eigenvalue weighted by Gasteiger charge is -2.33. The second-order valence-electron chi connectivity index (χ2n) is 6.52. The van der Waals surface area contributed by atoms with Crippen molar-refractivity contribution < 1.29 is 4.79 Å². The van der Waals surface area contributed by atoms with E-state index in [1.807, 2.05) is 12.1 Å². The van der Waals surface area contributed by atoms with Crippen molar-refractivity contribution in [3.8, 4) is 5.82 Å². The third-order valence-corrected chi connectivity index (χ3v) is 4.61. The Kier molecular flexibility index (Phi) is 4.80. The maximum absolute atomic E-state index is 12.4. The third-order valence-electron chi connectivity index (χ3n) is 4.61. The number of carbonyl (C=O) groups is 1. The fourth-order valence-corrected chi connectivity index (χ4v) is 2.95. The summed E-state index contributed by atoms with van der Waals surface area (Å²) in [6.45, 7) is 3.98. The van der Waals surface area contributed by atoms with Crippen LogP contribution in [0.2, 0.25) is 0 Å². The van der Waals surface area contributed by atoms with E-state index in [0.717, 1.165) is 32.0 Å². The van der Waals surface area contributed by atoms with E-state index in [2.05, 4.69) is 37.1 Å². The topological polar surface area (TPSA) is 79.2 Å². The molecule has 0 radical (unpaired) electrons. The van der Waals surface area contributed by atoms with Crippen molar-refractivity contribution in [1.29, 1.82) is 0 Å². The van der Waals surface area contributed by atoms with Crippen LogP contribution in [0.1, 0.15) is 10.4 Å². The standard InChI is InChI=1S/C19H21N7O/c1-24-8-10-25(11-9-24)17-5-3-16(13-22-17)23-19(27)15-2-4-18(21-12-15)26-7-6-20-14-26/h2-7,12-14H,8-11H2,1H3,(H,23,27). The highest BCUT2D eigenvalue weighted by atomic mass is 16.1. The Labute approximate surface area is 157 Å². The van der Waals surface area contributed by atoms with Crippen molar-refractivity contribution in [2.24, 2.45) is 0 Å². The molecule has 1 amide bonds. The highest BCUT2D eigenvalue weighted by Crippen LogP contribution is 2.16. The Bertz CT molecular complexity index is 883. The molecule has 1 aliphatic rings. The van der Waals surface area contributed by atoms with Gasteiger partial charge in [-0.25, -0.2) is 15.0 Å². The summed E-state index contributed by atoms with van der Waals surface area (Å²) in [5.41, 5.74) is 1.15. The molecular formula is C19H21N7O. The fraction of sp³-hybridized carbons (Fsp3) is 0.263. The summed E-state index contributed by atoms with van der Waals surface area (Å²) in [5, 5.41) is 2.86. The molecule has 8 nitrogen and oxygen atoms in total. The zero-order valence-corrected chi connectivity index (χ0v) is 15.1. The average molecular weight is 363 g/mol. The molecule has 1 saturated heterocycles. The second kappa shape index (κ2) is 7.55. The number of pyridine rings is 2. The van der Waals surface area contributed by atoms with Crippen LogP contribution in [0.15, 0.2) is 55.4 Å². The van der Waals surface area contributed by atoms with E-state index in [0.29, 0.717) is 17.1 Å². The van der Waals surface area contributed by atoms with Crippen LogP contribution in [-0.4, -0.2) is 63.6 Å². The monoisotopic (exact) mass is 363 g/mol. The first-order chi connectivity index (χ1) is 13.2. The summed E-state index contributed by atoms with van der Waals surface area (Å²) >= 11 is 0. The molecule has 0 unspecified atom stereocenters. The molecular weight excluding hydrogens is 342 g/mol. The van der Waals surface area contributed by atoms with E-state index in [9.17, 15) is 4.79 Å². The molecule has 0 aliphatic carbocycles. The van der Waals surface area contributed by atoms with E-state index < -0.39 is 0 Å². The molecule has 8 heteroatoms. The van der Waals surface area contributed by atoms with E-state index in [1.54, 1.807) is 47.8 Å². The van der Waals surface area contributed by atoms with Crippen molar-refractivity contribution in [2.45, 2.75) is 0 Å². The first kappa shape index (κ1) is 17.2. The molecule has 0 atom stereocenters. The van der Waals surface area contributed by atoms with Crippen LogP contribution in [0.4, 0.5) is 11.5 Å². The van der Waals surface area contributed by atoms with Crippen molar-refractivity contribution in [2.75, 3.05) is 43.4 Å². The molecule has 0 bridgehead atoms. The predicted octanol–water partition coefficient (Wildman–Crippen LogP) is 1.67. The van der Waals surface area contributed by atoms with Gasteiger partial charge >= 0.3 is 0 Å². The highest BCUT2D eigenvalue weighted by Gasteiger charge is 2.15. The molecule has 1 fully saturated rings. The molecule has 138 valence electrons. The largest absolute Gasteiger partial charge is 0.354 e. The second-order valence-corrected chi connectivity index (χ2v) is 6.52. The number of amides is 1. The van der Waals surface area contributed by atoms with Gasteiger partial charge in [0.15, 0.2) is 0 Å². The Morgan fingerprint density at radius 2 is 1.78 bits per heavy atom. The number of nitrogens with zero attached hydrogens (tertiary/aromatic N) is 6. The number of aromatic nitrogens is 4. The van der Waals surface area contributed by atoms with E-state index in [1.165, 1.54) is 0 Å². The van der Waals surface area contributed by atoms with Gasteiger partial charge in [-0.1, -0.05) is 0 Å². The molecule has 1 aliphatic heterocycles. The van der Waals surface area contributed by atoms with Crippen molar-refractivity contribution >= 4 is 17.4 Å². The summed E-state index contributed by atoms with van der Waals surface area (Å²) in [6, 6.07) is 7.35. The first-order valence-electron chi connectivity index (χ1n) is 8.84. The average Bonchev–Trinajstić information content (AvgIpc) is 3.24. The molecule has 3 aromatic rings. The summed E-state index contributed by atoms with van der Waals surface area (Å²) in [6.07, 6.45) is 8.39. The van der Waals surface area contributed by atoms with Crippen LogP contribution >= 0.6 is 0 Å². The molecule has 27 heavy (non-hydrogen) atoms. The van der Waals surface area contributed by atoms with E-state index in [4.69, 9.17) is 0 Å². The predicted molar refractivity (Wildman–Crippen MR) is 103 cm³/mol. The van der Waals surface area contributed by atoms with Crippen molar-refractivity contribution in [3.05, 3.63) is 60.9 Å². The van der Waals surface area contributed by atoms with Gasteiger partial charge in [0, 0.05) is 44.8 Å². The molecule has 4 heterocycles. The van der Waals surface area contributed by atoms with Crippen molar-refractivity contribution in [3.63, 3.8) is 0 Å². The number of carbonyl (C=O) groups excluding carboxylic acids is 1. The number of rotatable bonds is 4. The lowest BCUT2D eigenvalue weighted by atomic mass is 10.2. The molecule has 0 saturated carbocycles. The van der Waals surface area contributed by atoms with Crippen molar-refractivity contribution in [1.82, 2.24) is 24.4 Å². The van der Waals surface area contributed by atoms with Crippen LogP contribution < -0.4 is 10.2 Å². The Balaban J connectivity index is 1.39. The Hall–Kier alpha value is -3.26. The molecule has 3 aromatic heterocycles. The van der Waals surface area contributed by atoms with Gasteiger partial charge in [-0.2, -0.15) is 0 Å². The van der Waals surface area contributed by atoms with Gasteiger partial charge in [0.2, 0.25) is 0 Å². The quantitative estimate of drug-likeness (QED) is 0.760. The number of likely N-dealkylation sites (N-methyl/N-ethyl adjacent to an activating group) is 1. The van der Waals surface area contributed by atoms with E-state index >= 15 is 0 Å². The Morgan fingerprint density at radius 3 is 2.41 bits per heavy atom. The van der Waals surface area contributed by atoms with Gasteiger partial charge in [-0.15, -0.1) is 0 Å². The minimum absolute atomic E-state index is 0.214. The van der Waals surface area contributed by atoms with Crippen LogP contribution in [0.3, 0.4) is 0 Å². The summed E-state index contributed by atoms with van der Waals surface area (Å²) in [5.74, 6) is 1.43. The number of nitrogens with one attached hydrogen (secondary N) is 1. The summed E-state index contributed by atoms with van der Waals surface area (Å²) < 4.78 is 1.78. The van der Waals surface area contributed by atoms with Crippen LogP contribution in [0.25, 0.3) is 5.82 Å². The smallest absolute Gasteiger partial charge is 0.257 e. The number of piperazine rings is 1. The SMILES string of the molecule is CN1CCN(c2ccc(NC(=O)c3ccc(-n4ccnc4)nc3)cn2)CC1. The number of anilines is 2. The molecule has 0 aromatic carbocycles. The summed E-state index contributed by atoms with van der Waals surface area (Å²) in [7, 11) is 2.13. The summed E-state index contributed by atoms with van der Waals surface area (Å²) in [4.78, 5) is 29.8.